The molecule has 0 saturated carbocycles. The summed E-state index contributed by atoms with van der Waals surface area (Å²) in [6, 6.07) is 9.47. The summed E-state index contributed by atoms with van der Waals surface area (Å²) < 4.78 is 5.00. The molecule has 1 atom stereocenters. The third kappa shape index (κ3) is 3.07. The third-order valence-electron chi connectivity index (χ3n) is 3.29. The van der Waals surface area contributed by atoms with E-state index in [0.29, 0.717) is 19.4 Å². The molecule has 0 heterocycles. The van der Waals surface area contributed by atoms with Gasteiger partial charge in [-0.1, -0.05) is 37.3 Å². The minimum atomic E-state index is -0.778. The number of aliphatic carboxylic acids is 1. The number of ether oxygens (including phenoxy) is 1. The second-order valence-corrected chi connectivity index (χ2v) is 4.20. The summed E-state index contributed by atoms with van der Waals surface area (Å²) in [4.78, 5) is 11.6. The minimum absolute atomic E-state index is 0.593. The van der Waals surface area contributed by atoms with Crippen molar-refractivity contribution in [3.8, 4) is 0 Å². The van der Waals surface area contributed by atoms with Gasteiger partial charge < -0.3 is 9.84 Å². The van der Waals surface area contributed by atoms with Gasteiger partial charge >= 0.3 is 5.97 Å². The van der Waals surface area contributed by atoms with Crippen LogP contribution in [-0.2, 0) is 14.9 Å². The normalized spacial score (nSPS) is 14.2. The minimum Gasteiger partial charge on any atom is -0.481 e. The highest BCUT2D eigenvalue weighted by Gasteiger charge is 2.37. The van der Waals surface area contributed by atoms with Gasteiger partial charge in [0.2, 0.25) is 0 Å². The fourth-order valence-corrected chi connectivity index (χ4v) is 2.18. The average Bonchev–Trinajstić information content (AvgIpc) is 2.36. The summed E-state index contributed by atoms with van der Waals surface area (Å²) >= 11 is 0. The summed E-state index contributed by atoms with van der Waals surface area (Å²) in [5.74, 6) is -0.748. The van der Waals surface area contributed by atoms with Crippen LogP contribution in [0.2, 0.25) is 0 Å². The molecule has 0 aliphatic carbocycles. The van der Waals surface area contributed by atoms with Crippen molar-refractivity contribution >= 4 is 5.97 Å². The predicted molar refractivity (Wildman–Crippen MR) is 67.2 cm³/mol. The Labute approximate surface area is 102 Å². The predicted octanol–water partition coefficient (Wildman–Crippen LogP) is 2.85. The Balaban J connectivity index is 2.97. The Morgan fingerprint density at radius 3 is 2.47 bits per heavy atom. The maximum Gasteiger partial charge on any atom is 0.314 e. The fourth-order valence-electron chi connectivity index (χ4n) is 2.18. The molecule has 0 amide bonds. The smallest absolute Gasteiger partial charge is 0.314 e. The lowest BCUT2D eigenvalue weighted by Gasteiger charge is -2.28. The summed E-state index contributed by atoms with van der Waals surface area (Å²) in [5.41, 5.74) is 0.103. The van der Waals surface area contributed by atoms with Gasteiger partial charge in [-0.15, -0.1) is 0 Å². The monoisotopic (exact) mass is 236 g/mol. The van der Waals surface area contributed by atoms with Crippen LogP contribution in [0.5, 0.6) is 0 Å². The van der Waals surface area contributed by atoms with E-state index < -0.39 is 11.4 Å². The highest BCUT2D eigenvalue weighted by molar-refractivity contribution is 5.81. The van der Waals surface area contributed by atoms with Crippen molar-refractivity contribution < 1.29 is 14.6 Å². The van der Waals surface area contributed by atoms with Crippen LogP contribution in [0.25, 0.3) is 0 Å². The van der Waals surface area contributed by atoms with Crippen molar-refractivity contribution in [3.05, 3.63) is 35.9 Å². The highest BCUT2D eigenvalue weighted by Crippen LogP contribution is 2.33. The third-order valence-corrected chi connectivity index (χ3v) is 3.29. The largest absolute Gasteiger partial charge is 0.481 e. The highest BCUT2D eigenvalue weighted by atomic mass is 16.5. The SMILES string of the molecule is CCC(CCCOC)(C(=O)O)c1ccccc1. The maximum absolute atomic E-state index is 11.6. The zero-order valence-corrected chi connectivity index (χ0v) is 10.5. The van der Waals surface area contributed by atoms with Crippen LogP contribution >= 0.6 is 0 Å². The molecular formula is C14H20O3. The Hall–Kier alpha value is -1.35. The van der Waals surface area contributed by atoms with E-state index in [1.54, 1.807) is 7.11 Å². The molecule has 1 rings (SSSR count). The first kappa shape index (κ1) is 13.7. The number of carboxylic acid groups (broad SMARTS) is 1. The molecule has 0 aliphatic heterocycles. The quantitative estimate of drug-likeness (QED) is 0.740. The molecule has 0 aromatic heterocycles. The van der Waals surface area contributed by atoms with E-state index >= 15 is 0 Å². The molecule has 0 saturated heterocycles. The van der Waals surface area contributed by atoms with E-state index in [0.717, 1.165) is 12.0 Å². The second-order valence-electron chi connectivity index (χ2n) is 4.20. The van der Waals surface area contributed by atoms with Crippen molar-refractivity contribution in [2.45, 2.75) is 31.6 Å². The molecule has 3 nitrogen and oxygen atoms in total. The van der Waals surface area contributed by atoms with Crippen molar-refractivity contribution in [2.24, 2.45) is 0 Å². The van der Waals surface area contributed by atoms with E-state index in [4.69, 9.17) is 4.74 Å². The van der Waals surface area contributed by atoms with E-state index in [1.807, 2.05) is 37.3 Å². The average molecular weight is 236 g/mol. The summed E-state index contributed by atoms with van der Waals surface area (Å²) in [6.45, 7) is 2.52. The van der Waals surface area contributed by atoms with Crippen molar-refractivity contribution in [1.29, 1.82) is 0 Å². The van der Waals surface area contributed by atoms with Gasteiger partial charge in [-0.25, -0.2) is 0 Å². The Kier molecular flexibility index (Phi) is 5.16. The number of hydrogen-bond acceptors (Lipinski definition) is 2. The molecule has 1 aromatic rings. The number of rotatable bonds is 7. The van der Waals surface area contributed by atoms with Crippen LogP contribution in [0.15, 0.2) is 30.3 Å². The molecule has 0 aliphatic rings. The zero-order valence-electron chi connectivity index (χ0n) is 10.5. The number of methoxy groups -OCH3 is 1. The number of carboxylic acids is 1. The van der Waals surface area contributed by atoms with Gasteiger partial charge in [0.05, 0.1) is 5.41 Å². The lowest BCUT2D eigenvalue weighted by Crippen LogP contribution is -2.35. The van der Waals surface area contributed by atoms with E-state index in [1.165, 1.54) is 0 Å². The zero-order chi connectivity index (χ0) is 12.7. The van der Waals surface area contributed by atoms with Gasteiger partial charge in [0.1, 0.15) is 0 Å². The Morgan fingerprint density at radius 2 is 2.00 bits per heavy atom. The van der Waals surface area contributed by atoms with Crippen molar-refractivity contribution in [2.75, 3.05) is 13.7 Å². The van der Waals surface area contributed by atoms with Crippen LogP contribution in [0, 0.1) is 0 Å². The number of hydrogen-bond donors (Lipinski definition) is 1. The van der Waals surface area contributed by atoms with Gasteiger partial charge in [-0.05, 0) is 24.8 Å². The Bertz CT molecular complexity index is 348. The van der Waals surface area contributed by atoms with Crippen molar-refractivity contribution in [3.63, 3.8) is 0 Å². The fraction of sp³-hybridized carbons (Fsp3) is 0.500. The molecule has 1 N–H and O–H groups in total. The van der Waals surface area contributed by atoms with Gasteiger partial charge in [-0.2, -0.15) is 0 Å². The lowest BCUT2D eigenvalue weighted by atomic mass is 9.74. The summed E-state index contributed by atoms with van der Waals surface area (Å²) in [6.07, 6.45) is 1.96. The van der Waals surface area contributed by atoms with E-state index in [-0.39, 0.29) is 0 Å². The first-order chi connectivity index (χ1) is 8.17. The lowest BCUT2D eigenvalue weighted by molar-refractivity contribution is -0.144. The summed E-state index contributed by atoms with van der Waals surface area (Å²) in [5, 5.41) is 9.54. The molecule has 17 heavy (non-hydrogen) atoms. The molecule has 1 aromatic carbocycles. The van der Waals surface area contributed by atoms with Gasteiger partial charge in [0, 0.05) is 13.7 Å². The second kappa shape index (κ2) is 6.40. The number of benzene rings is 1. The number of carbonyl (C=O) groups is 1. The van der Waals surface area contributed by atoms with Crippen molar-refractivity contribution in [1.82, 2.24) is 0 Å². The van der Waals surface area contributed by atoms with E-state index in [2.05, 4.69) is 0 Å². The maximum atomic E-state index is 11.6. The molecule has 0 fully saturated rings. The molecule has 3 heteroatoms. The molecule has 0 radical (unpaired) electrons. The molecule has 0 bridgehead atoms. The molecule has 0 spiro atoms. The van der Waals surface area contributed by atoms with E-state index in [9.17, 15) is 9.90 Å². The van der Waals surface area contributed by atoms with Crippen LogP contribution in [0.4, 0.5) is 0 Å². The summed E-state index contributed by atoms with van der Waals surface area (Å²) in [7, 11) is 1.64. The van der Waals surface area contributed by atoms with Crippen LogP contribution in [-0.4, -0.2) is 24.8 Å². The first-order valence-electron chi connectivity index (χ1n) is 5.95. The first-order valence-corrected chi connectivity index (χ1v) is 5.95. The van der Waals surface area contributed by atoms with Crippen LogP contribution in [0.1, 0.15) is 31.7 Å². The standard InChI is InChI=1S/C14H20O3/c1-3-14(13(15)16,10-7-11-17-2)12-8-5-4-6-9-12/h4-6,8-9H,3,7,10-11H2,1-2H3,(H,15,16). The topological polar surface area (TPSA) is 46.5 Å². The van der Waals surface area contributed by atoms with Gasteiger partial charge in [0.25, 0.3) is 0 Å². The Morgan fingerprint density at radius 1 is 1.35 bits per heavy atom. The molecular weight excluding hydrogens is 216 g/mol. The van der Waals surface area contributed by atoms with Crippen LogP contribution < -0.4 is 0 Å². The molecule has 1 unspecified atom stereocenters. The van der Waals surface area contributed by atoms with Gasteiger partial charge in [-0.3, -0.25) is 4.79 Å². The van der Waals surface area contributed by atoms with Gasteiger partial charge in [0.15, 0.2) is 0 Å². The molecule has 94 valence electrons. The van der Waals surface area contributed by atoms with Crippen LogP contribution in [0.3, 0.4) is 0 Å².